The van der Waals surface area contributed by atoms with Crippen molar-refractivity contribution in [1.82, 2.24) is 4.98 Å². The van der Waals surface area contributed by atoms with Crippen LogP contribution in [0, 0.1) is 0 Å². The molecule has 6 heteroatoms. The number of ether oxygens (including phenoxy) is 1. The first-order valence-corrected chi connectivity index (χ1v) is 6.43. The van der Waals surface area contributed by atoms with Crippen molar-refractivity contribution in [2.45, 2.75) is 6.92 Å². The van der Waals surface area contributed by atoms with Crippen LogP contribution in [0.5, 0.6) is 5.75 Å². The van der Waals surface area contributed by atoms with Gasteiger partial charge in [-0.2, -0.15) is 0 Å². The van der Waals surface area contributed by atoms with E-state index < -0.39 is 0 Å². The fourth-order valence-electron chi connectivity index (χ4n) is 1.64. The van der Waals surface area contributed by atoms with Crippen LogP contribution in [0.1, 0.15) is 17.3 Å². The molecule has 0 atom stereocenters. The number of hydrogen-bond acceptors (Lipinski definition) is 4. The zero-order chi connectivity index (χ0) is 14.5. The topological polar surface area (TPSA) is 77.2 Å². The van der Waals surface area contributed by atoms with E-state index >= 15 is 0 Å². The number of hydrogen-bond donors (Lipinski definition) is 2. The number of halogens is 1. The molecule has 0 saturated heterocycles. The Morgan fingerprint density at radius 3 is 2.85 bits per heavy atom. The molecule has 0 fully saturated rings. The second-order valence-electron chi connectivity index (χ2n) is 4.00. The summed E-state index contributed by atoms with van der Waals surface area (Å²) >= 11 is 5.83. The van der Waals surface area contributed by atoms with Crippen molar-refractivity contribution in [3.63, 3.8) is 0 Å². The zero-order valence-corrected chi connectivity index (χ0v) is 11.6. The smallest absolute Gasteiger partial charge is 0.256 e. The van der Waals surface area contributed by atoms with Gasteiger partial charge in [0, 0.05) is 16.8 Å². The third-order valence-electron chi connectivity index (χ3n) is 2.54. The van der Waals surface area contributed by atoms with E-state index in [0.29, 0.717) is 34.4 Å². The van der Waals surface area contributed by atoms with Crippen LogP contribution in [0.2, 0.25) is 5.02 Å². The molecule has 20 heavy (non-hydrogen) atoms. The van der Waals surface area contributed by atoms with E-state index in [1.54, 1.807) is 30.3 Å². The average molecular weight is 292 g/mol. The predicted octanol–water partition coefficient (Wildman–Crippen LogP) is 2.97. The van der Waals surface area contributed by atoms with Gasteiger partial charge in [0.25, 0.3) is 5.91 Å². The number of rotatable bonds is 4. The lowest BCUT2D eigenvalue weighted by Crippen LogP contribution is -2.13. The summed E-state index contributed by atoms with van der Waals surface area (Å²) in [6.07, 6.45) is 1.52. The van der Waals surface area contributed by atoms with E-state index in [1.807, 2.05) is 6.92 Å². The van der Waals surface area contributed by atoms with Gasteiger partial charge in [-0.25, -0.2) is 4.98 Å². The van der Waals surface area contributed by atoms with Crippen molar-refractivity contribution < 1.29 is 9.53 Å². The molecule has 0 bridgehead atoms. The molecule has 0 unspecified atom stereocenters. The van der Waals surface area contributed by atoms with Crippen LogP contribution < -0.4 is 15.8 Å². The Labute approximate surface area is 121 Å². The van der Waals surface area contributed by atoms with Crippen molar-refractivity contribution in [2.24, 2.45) is 0 Å². The molecule has 0 aliphatic heterocycles. The number of anilines is 2. The molecule has 104 valence electrons. The lowest BCUT2D eigenvalue weighted by atomic mass is 10.1. The SMILES string of the molecule is CCOc1ccc(C(=O)Nc2cc(Cl)ccn2)cc1N. The largest absolute Gasteiger partial charge is 0.492 e. The Bertz CT molecular complexity index is 632. The quantitative estimate of drug-likeness (QED) is 0.849. The molecule has 1 amide bonds. The Kier molecular flexibility index (Phi) is 4.42. The van der Waals surface area contributed by atoms with Crippen LogP contribution in [0.25, 0.3) is 0 Å². The number of nitrogen functional groups attached to an aromatic ring is 1. The molecule has 0 spiro atoms. The first kappa shape index (κ1) is 14.1. The van der Waals surface area contributed by atoms with Crippen LogP contribution in [-0.2, 0) is 0 Å². The summed E-state index contributed by atoms with van der Waals surface area (Å²) in [5.74, 6) is 0.634. The molecule has 2 aromatic rings. The minimum atomic E-state index is -0.311. The van der Waals surface area contributed by atoms with Crippen LogP contribution in [0.3, 0.4) is 0 Å². The highest BCUT2D eigenvalue weighted by Gasteiger charge is 2.10. The average Bonchev–Trinajstić information content (AvgIpc) is 2.41. The summed E-state index contributed by atoms with van der Waals surface area (Å²) in [6, 6.07) is 8.06. The Balaban J connectivity index is 2.15. The van der Waals surface area contributed by atoms with Crippen molar-refractivity contribution in [2.75, 3.05) is 17.7 Å². The molecular weight excluding hydrogens is 278 g/mol. The molecule has 0 saturated carbocycles. The fourth-order valence-corrected chi connectivity index (χ4v) is 1.80. The Hall–Kier alpha value is -2.27. The molecular formula is C14H14ClN3O2. The minimum Gasteiger partial charge on any atom is -0.492 e. The molecule has 1 heterocycles. The Morgan fingerprint density at radius 1 is 1.40 bits per heavy atom. The fraction of sp³-hybridized carbons (Fsp3) is 0.143. The molecule has 1 aromatic carbocycles. The summed E-state index contributed by atoms with van der Waals surface area (Å²) in [6.45, 7) is 2.38. The number of nitrogens with one attached hydrogen (secondary N) is 1. The van der Waals surface area contributed by atoms with E-state index in [9.17, 15) is 4.79 Å². The van der Waals surface area contributed by atoms with E-state index in [4.69, 9.17) is 22.1 Å². The van der Waals surface area contributed by atoms with Crippen LogP contribution in [0.15, 0.2) is 36.5 Å². The first-order chi connectivity index (χ1) is 9.60. The Morgan fingerprint density at radius 2 is 2.20 bits per heavy atom. The number of carbonyl (C=O) groups is 1. The van der Waals surface area contributed by atoms with Crippen LogP contribution in [0.4, 0.5) is 11.5 Å². The lowest BCUT2D eigenvalue weighted by Gasteiger charge is -2.09. The summed E-state index contributed by atoms with van der Waals surface area (Å²) in [4.78, 5) is 16.1. The van der Waals surface area contributed by atoms with Crippen molar-refractivity contribution in [3.8, 4) is 5.75 Å². The molecule has 5 nitrogen and oxygen atoms in total. The number of carbonyl (C=O) groups excluding carboxylic acids is 1. The predicted molar refractivity (Wildman–Crippen MR) is 79.2 cm³/mol. The monoisotopic (exact) mass is 291 g/mol. The molecule has 0 radical (unpaired) electrons. The number of benzene rings is 1. The van der Waals surface area contributed by atoms with Crippen molar-refractivity contribution >= 4 is 29.0 Å². The molecule has 0 aliphatic carbocycles. The molecule has 2 rings (SSSR count). The number of pyridine rings is 1. The number of nitrogens with zero attached hydrogens (tertiary/aromatic N) is 1. The maximum atomic E-state index is 12.1. The molecule has 3 N–H and O–H groups in total. The van der Waals surface area contributed by atoms with Gasteiger partial charge in [0.1, 0.15) is 11.6 Å². The lowest BCUT2D eigenvalue weighted by molar-refractivity contribution is 0.102. The number of nitrogens with two attached hydrogens (primary N) is 1. The van der Waals surface area contributed by atoms with Gasteiger partial charge in [0.15, 0.2) is 0 Å². The van der Waals surface area contributed by atoms with E-state index in [2.05, 4.69) is 10.3 Å². The second-order valence-corrected chi connectivity index (χ2v) is 4.44. The normalized spacial score (nSPS) is 10.1. The highest BCUT2D eigenvalue weighted by atomic mass is 35.5. The van der Waals surface area contributed by atoms with Gasteiger partial charge < -0.3 is 15.8 Å². The van der Waals surface area contributed by atoms with Crippen molar-refractivity contribution in [1.29, 1.82) is 0 Å². The summed E-state index contributed by atoms with van der Waals surface area (Å²) in [5, 5.41) is 3.15. The third-order valence-corrected chi connectivity index (χ3v) is 2.77. The first-order valence-electron chi connectivity index (χ1n) is 6.05. The van der Waals surface area contributed by atoms with Gasteiger partial charge in [-0.15, -0.1) is 0 Å². The van der Waals surface area contributed by atoms with Crippen molar-refractivity contribution in [3.05, 3.63) is 47.1 Å². The van der Waals surface area contributed by atoms with Gasteiger partial charge in [0.05, 0.1) is 12.3 Å². The highest BCUT2D eigenvalue weighted by molar-refractivity contribution is 6.30. The third kappa shape index (κ3) is 3.39. The van der Waals surface area contributed by atoms with Gasteiger partial charge in [0.2, 0.25) is 0 Å². The summed E-state index contributed by atoms with van der Waals surface area (Å²) < 4.78 is 5.32. The van der Waals surface area contributed by atoms with Gasteiger partial charge in [-0.3, -0.25) is 4.79 Å². The zero-order valence-electron chi connectivity index (χ0n) is 10.9. The summed E-state index contributed by atoms with van der Waals surface area (Å²) in [7, 11) is 0. The minimum absolute atomic E-state index is 0.311. The van der Waals surface area contributed by atoms with Gasteiger partial charge >= 0.3 is 0 Å². The van der Waals surface area contributed by atoms with E-state index in [1.165, 1.54) is 6.20 Å². The maximum Gasteiger partial charge on any atom is 0.256 e. The summed E-state index contributed by atoms with van der Waals surface area (Å²) in [5.41, 5.74) is 6.66. The number of aromatic nitrogens is 1. The maximum absolute atomic E-state index is 12.1. The van der Waals surface area contributed by atoms with Gasteiger partial charge in [-0.05, 0) is 37.3 Å². The molecule has 0 aliphatic rings. The van der Waals surface area contributed by atoms with Crippen LogP contribution in [-0.4, -0.2) is 17.5 Å². The standard InChI is InChI=1S/C14H14ClN3O2/c1-2-20-12-4-3-9(7-11(12)16)14(19)18-13-8-10(15)5-6-17-13/h3-8H,2,16H2,1H3,(H,17,18,19). The second kappa shape index (κ2) is 6.25. The van der Waals surface area contributed by atoms with Gasteiger partial charge in [-0.1, -0.05) is 11.6 Å². The number of amides is 1. The molecule has 1 aromatic heterocycles. The van der Waals surface area contributed by atoms with E-state index in [0.717, 1.165) is 0 Å². The van der Waals surface area contributed by atoms with E-state index in [-0.39, 0.29) is 5.91 Å². The van der Waals surface area contributed by atoms with Crippen LogP contribution >= 0.6 is 11.6 Å². The highest BCUT2D eigenvalue weighted by Crippen LogP contribution is 2.23.